The standard InChI is InChI=1S/C18H26N2/c1-9(2)17-16-15(11(5)13(7)19-17)12(6)14(8)20-18(16)10(3)4/h9-10H,1-8H3. The first-order valence-electron chi connectivity index (χ1n) is 7.53. The molecule has 0 spiro atoms. The second-order valence-corrected chi connectivity index (χ2v) is 6.47. The maximum Gasteiger partial charge on any atom is 0.0529 e. The summed E-state index contributed by atoms with van der Waals surface area (Å²) < 4.78 is 0. The van der Waals surface area contributed by atoms with E-state index in [0.29, 0.717) is 11.8 Å². The summed E-state index contributed by atoms with van der Waals surface area (Å²) in [6.45, 7) is 17.5. The van der Waals surface area contributed by atoms with Crippen molar-refractivity contribution in [3.63, 3.8) is 0 Å². The molecule has 0 saturated carbocycles. The van der Waals surface area contributed by atoms with Gasteiger partial charge in [0.1, 0.15) is 0 Å². The summed E-state index contributed by atoms with van der Waals surface area (Å²) in [5.41, 5.74) is 7.28. The Bertz CT molecular complexity index is 612. The van der Waals surface area contributed by atoms with Gasteiger partial charge in [-0.25, -0.2) is 0 Å². The number of fused-ring (bicyclic) bond motifs is 1. The molecular formula is C18H26N2. The molecule has 0 saturated heterocycles. The molecule has 108 valence electrons. The number of aryl methyl sites for hydroxylation is 4. The Morgan fingerprint density at radius 2 is 0.950 bits per heavy atom. The van der Waals surface area contributed by atoms with Crippen molar-refractivity contribution in [2.24, 2.45) is 0 Å². The van der Waals surface area contributed by atoms with Crippen LogP contribution in [-0.2, 0) is 0 Å². The van der Waals surface area contributed by atoms with Gasteiger partial charge in [-0.05, 0) is 56.0 Å². The Balaban J connectivity index is 3.10. The fourth-order valence-electron chi connectivity index (χ4n) is 2.88. The number of pyridine rings is 2. The van der Waals surface area contributed by atoms with Crippen molar-refractivity contribution in [1.29, 1.82) is 0 Å². The highest BCUT2D eigenvalue weighted by Crippen LogP contribution is 2.35. The summed E-state index contributed by atoms with van der Waals surface area (Å²) in [7, 11) is 0. The number of nitrogens with zero attached hydrogens (tertiary/aromatic N) is 2. The third kappa shape index (κ3) is 2.21. The van der Waals surface area contributed by atoms with Crippen LogP contribution < -0.4 is 0 Å². The van der Waals surface area contributed by atoms with E-state index in [9.17, 15) is 0 Å². The Kier molecular flexibility index (Phi) is 3.86. The zero-order valence-corrected chi connectivity index (χ0v) is 14.0. The minimum Gasteiger partial charge on any atom is -0.257 e. The molecule has 0 aromatic carbocycles. The Morgan fingerprint density at radius 1 is 0.600 bits per heavy atom. The van der Waals surface area contributed by atoms with Gasteiger partial charge in [-0.2, -0.15) is 0 Å². The lowest BCUT2D eigenvalue weighted by molar-refractivity contribution is 0.796. The van der Waals surface area contributed by atoms with Crippen molar-refractivity contribution in [2.75, 3.05) is 0 Å². The van der Waals surface area contributed by atoms with Crippen molar-refractivity contribution < 1.29 is 0 Å². The fourth-order valence-corrected chi connectivity index (χ4v) is 2.88. The maximum atomic E-state index is 4.87. The molecule has 0 fully saturated rings. The van der Waals surface area contributed by atoms with Gasteiger partial charge in [0, 0.05) is 16.8 Å². The van der Waals surface area contributed by atoms with Crippen molar-refractivity contribution in [2.45, 2.75) is 67.2 Å². The second kappa shape index (κ2) is 5.16. The predicted octanol–water partition coefficient (Wildman–Crippen LogP) is 5.11. The topological polar surface area (TPSA) is 25.8 Å². The summed E-state index contributed by atoms with van der Waals surface area (Å²) in [5, 5.41) is 2.67. The number of hydrogen-bond acceptors (Lipinski definition) is 2. The van der Waals surface area contributed by atoms with E-state index >= 15 is 0 Å². The molecule has 20 heavy (non-hydrogen) atoms. The van der Waals surface area contributed by atoms with Crippen LogP contribution in [0.15, 0.2) is 0 Å². The quantitative estimate of drug-likeness (QED) is 0.757. The zero-order chi connectivity index (χ0) is 15.2. The largest absolute Gasteiger partial charge is 0.257 e. The summed E-state index contributed by atoms with van der Waals surface area (Å²) in [6, 6.07) is 0. The lowest BCUT2D eigenvalue weighted by Gasteiger charge is -2.20. The van der Waals surface area contributed by atoms with Gasteiger partial charge < -0.3 is 0 Å². The summed E-state index contributed by atoms with van der Waals surface area (Å²) >= 11 is 0. The van der Waals surface area contributed by atoms with Crippen LogP contribution in [0.1, 0.15) is 73.4 Å². The first-order chi connectivity index (χ1) is 9.25. The maximum absolute atomic E-state index is 4.87. The van der Waals surface area contributed by atoms with Gasteiger partial charge in [-0.3, -0.25) is 9.97 Å². The van der Waals surface area contributed by atoms with Crippen LogP contribution in [0.2, 0.25) is 0 Å². The van der Waals surface area contributed by atoms with E-state index in [1.165, 1.54) is 33.3 Å². The first kappa shape index (κ1) is 15.0. The molecule has 0 bridgehead atoms. The highest BCUT2D eigenvalue weighted by Gasteiger charge is 2.20. The molecular weight excluding hydrogens is 244 g/mol. The van der Waals surface area contributed by atoms with Crippen LogP contribution in [-0.4, -0.2) is 9.97 Å². The summed E-state index contributed by atoms with van der Waals surface area (Å²) in [5.74, 6) is 0.830. The molecule has 2 heteroatoms. The lowest BCUT2D eigenvalue weighted by atomic mass is 9.90. The average Bonchev–Trinajstić information content (AvgIpc) is 2.36. The van der Waals surface area contributed by atoms with E-state index in [1.807, 2.05) is 0 Å². The predicted molar refractivity (Wildman–Crippen MR) is 86.7 cm³/mol. The molecule has 0 radical (unpaired) electrons. The molecule has 2 nitrogen and oxygen atoms in total. The van der Waals surface area contributed by atoms with E-state index in [4.69, 9.17) is 9.97 Å². The molecule has 0 aliphatic carbocycles. The molecule has 0 atom stereocenters. The second-order valence-electron chi connectivity index (χ2n) is 6.47. The highest BCUT2D eigenvalue weighted by molar-refractivity contribution is 5.93. The number of rotatable bonds is 2. The van der Waals surface area contributed by atoms with Crippen molar-refractivity contribution in [3.05, 3.63) is 33.9 Å². The van der Waals surface area contributed by atoms with E-state index in [-0.39, 0.29) is 0 Å². The molecule has 2 heterocycles. The molecule has 0 N–H and O–H groups in total. The van der Waals surface area contributed by atoms with E-state index in [1.54, 1.807) is 0 Å². The molecule has 0 aliphatic heterocycles. The minimum atomic E-state index is 0.415. The first-order valence-corrected chi connectivity index (χ1v) is 7.53. The van der Waals surface area contributed by atoms with Crippen molar-refractivity contribution in [3.8, 4) is 0 Å². The van der Waals surface area contributed by atoms with Gasteiger partial charge in [-0.1, -0.05) is 27.7 Å². The molecule has 2 aromatic heterocycles. The van der Waals surface area contributed by atoms with E-state index < -0.39 is 0 Å². The van der Waals surface area contributed by atoms with Gasteiger partial charge in [0.15, 0.2) is 0 Å². The van der Waals surface area contributed by atoms with Crippen LogP contribution in [0.25, 0.3) is 10.8 Å². The monoisotopic (exact) mass is 270 g/mol. The van der Waals surface area contributed by atoms with Gasteiger partial charge in [0.2, 0.25) is 0 Å². The van der Waals surface area contributed by atoms with Crippen LogP contribution >= 0.6 is 0 Å². The SMILES string of the molecule is Cc1nc(C(C)C)c2c(C(C)C)nc(C)c(C)c2c1C. The Hall–Kier alpha value is -1.44. The normalized spacial score (nSPS) is 11.9. The number of hydrogen-bond donors (Lipinski definition) is 0. The smallest absolute Gasteiger partial charge is 0.0529 e. The highest BCUT2D eigenvalue weighted by atomic mass is 14.8. The van der Waals surface area contributed by atoms with E-state index in [0.717, 1.165) is 11.4 Å². The summed E-state index contributed by atoms with van der Waals surface area (Å²) in [6.07, 6.45) is 0. The van der Waals surface area contributed by atoms with E-state index in [2.05, 4.69) is 55.4 Å². The van der Waals surface area contributed by atoms with Crippen LogP contribution in [0, 0.1) is 27.7 Å². The van der Waals surface area contributed by atoms with Gasteiger partial charge in [0.05, 0.1) is 11.4 Å². The third-order valence-electron chi connectivity index (χ3n) is 4.27. The number of aromatic nitrogens is 2. The van der Waals surface area contributed by atoms with Gasteiger partial charge in [0.25, 0.3) is 0 Å². The fraction of sp³-hybridized carbons (Fsp3) is 0.556. The Labute approximate surface area is 122 Å². The van der Waals surface area contributed by atoms with Crippen LogP contribution in [0.3, 0.4) is 0 Å². The molecule has 0 amide bonds. The minimum absolute atomic E-state index is 0.415. The van der Waals surface area contributed by atoms with Crippen LogP contribution in [0.4, 0.5) is 0 Å². The molecule has 2 aromatic rings. The van der Waals surface area contributed by atoms with Crippen molar-refractivity contribution >= 4 is 10.8 Å². The molecule has 2 rings (SSSR count). The van der Waals surface area contributed by atoms with Crippen LogP contribution in [0.5, 0.6) is 0 Å². The Morgan fingerprint density at radius 3 is 1.25 bits per heavy atom. The zero-order valence-electron chi connectivity index (χ0n) is 14.0. The molecule has 0 aliphatic rings. The lowest BCUT2D eigenvalue weighted by Crippen LogP contribution is -2.08. The van der Waals surface area contributed by atoms with Crippen molar-refractivity contribution in [1.82, 2.24) is 9.97 Å². The molecule has 0 unspecified atom stereocenters. The third-order valence-corrected chi connectivity index (χ3v) is 4.27. The summed E-state index contributed by atoms with van der Waals surface area (Å²) in [4.78, 5) is 9.75. The average molecular weight is 270 g/mol. The van der Waals surface area contributed by atoms with Gasteiger partial charge in [-0.15, -0.1) is 0 Å². The van der Waals surface area contributed by atoms with Gasteiger partial charge >= 0.3 is 0 Å².